The van der Waals surface area contributed by atoms with E-state index in [-0.39, 0.29) is 11.3 Å². The number of halogens is 1. The van der Waals surface area contributed by atoms with Gasteiger partial charge in [-0.3, -0.25) is 4.79 Å². The van der Waals surface area contributed by atoms with Crippen LogP contribution in [0.3, 0.4) is 0 Å². The molecular weight excluding hydrogens is 333 g/mol. The van der Waals surface area contributed by atoms with E-state index in [1.54, 1.807) is 24.3 Å². The van der Waals surface area contributed by atoms with Crippen LogP contribution in [0.15, 0.2) is 72.8 Å². The van der Waals surface area contributed by atoms with Crippen LogP contribution in [0.5, 0.6) is 11.5 Å². The minimum absolute atomic E-state index is 0.0986. The summed E-state index contributed by atoms with van der Waals surface area (Å²) in [6.07, 6.45) is 0. The molecule has 0 aliphatic heterocycles. The molecule has 3 aromatic rings. The van der Waals surface area contributed by atoms with Crippen LogP contribution in [0, 0.1) is 5.82 Å². The van der Waals surface area contributed by atoms with Crippen molar-refractivity contribution in [3.63, 3.8) is 0 Å². The number of anilines is 1. The van der Waals surface area contributed by atoms with Gasteiger partial charge in [0.25, 0.3) is 5.91 Å². The first-order valence-electron chi connectivity index (χ1n) is 8.07. The number of ether oxygens (including phenoxy) is 2. The Kier molecular flexibility index (Phi) is 5.49. The largest absolute Gasteiger partial charge is 0.494 e. The molecule has 0 radical (unpaired) electrons. The van der Waals surface area contributed by atoms with Gasteiger partial charge in [-0.25, -0.2) is 4.39 Å². The lowest BCUT2D eigenvalue weighted by molar-refractivity contribution is 0.102. The molecule has 0 atom stereocenters. The Hall–Kier alpha value is -3.34. The van der Waals surface area contributed by atoms with Gasteiger partial charge in [0.2, 0.25) is 0 Å². The van der Waals surface area contributed by atoms with E-state index in [0.717, 1.165) is 11.6 Å². The van der Waals surface area contributed by atoms with Crippen molar-refractivity contribution in [2.45, 2.75) is 6.61 Å². The van der Waals surface area contributed by atoms with Gasteiger partial charge < -0.3 is 14.8 Å². The maximum absolute atomic E-state index is 13.7. The van der Waals surface area contributed by atoms with Crippen molar-refractivity contribution in [3.05, 3.63) is 89.7 Å². The Balaban J connectivity index is 1.60. The molecule has 1 amide bonds. The van der Waals surface area contributed by atoms with Crippen LogP contribution in [-0.4, -0.2) is 13.0 Å². The summed E-state index contributed by atoms with van der Waals surface area (Å²) in [7, 11) is 1.37. The van der Waals surface area contributed by atoms with Crippen LogP contribution in [0.25, 0.3) is 0 Å². The van der Waals surface area contributed by atoms with Gasteiger partial charge in [-0.15, -0.1) is 0 Å². The van der Waals surface area contributed by atoms with Crippen LogP contribution in [-0.2, 0) is 6.61 Å². The molecule has 0 saturated carbocycles. The number of carbonyl (C=O) groups is 1. The number of hydrogen-bond acceptors (Lipinski definition) is 3. The van der Waals surface area contributed by atoms with Crippen molar-refractivity contribution in [3.8, 4) is 11.5 Å². The number of rotatable bonds is 6. The second-order valence-electron chi connectivity index (χ2n) is 5.60. The maximum Gasteiger partial charge on any atom is 0.255 e. The van der Waals surface area contributed by atoms with E-state index in [2.05, 4.69) is 5.32 Å². The van der Waals surface area contributed by atoms with Gasteiger partial charge in [-0.2, -0.15) is 0 Å². The number of methoxy groups -OCH3 is 1. The highest BCUT2D eigenvalue weighted by atomic mass is 19.1. The third kappa shape index (κ3) is 4.39. The standard InChI is InChI=1S/C21H18FNO3/c1-25-20-12-7-16(13-19(20)22)21(24)23-17-8-10-18(11-9-17)26-14-15-5-3-2-4-6-15/h2-13H,14H2,1H3,(H,23,24). The van der Waals surface area contributed by atoms with Gasteiger partial charge in [-0.05, 0) is 48.0 Å². The van der Waals surface area contributed by atoms with Crippen LogP contribution >= 0.6 is 0 Å². The topological polar surface area (TPSA) is 47.6 Å². The molecule has 0 fully saturated rings. The number of hydrogen-bond donors (Lipinski definition) is 1. The van der Waals surface area contributed by atoms with Crippen molar-refractivity contribution < 1.29 is 18.7 Å². The molecule has 0 saturated heterocycles. The second-order valence-corrected chi connectivity index (χ2v) is 5.60. The zero-order chi connectivity index (χ0) is 18.4. The molecule has 0 aromatic heterocycles. The molecule has 132 valence electrons. The summed E-state index contributed by atoms with van der Waals surface area (Å²) in [6, 6.07) is 20.9. The lowest BCUT2D eigenvalue weighted by Gasteiger charge is -2.09. The lowest BCUT2D eigenvalue weighted by atomic mass is 10.2. The predicted molar refractivity (Wildman–Crippen MR) is 98.1 cm³/mol. The summed E-state index contributed by atoms with van der Waals surface area (Å²) in [6.45, 7) is 0.470. The van der Waals surface area contributed by atoms with E-state index in [1.807, 2.05) is 30.3 Å². The molecule has 0 heterocycles. The highest BCUT2D eigenvalue weighted by molar-refractivity contribution is 6.04. The predicted octanol–water partition coefficient (Wildman–Crippen LogP) is 4.67. The Labute approximate surface area is 151 Å². The first kappa shape index (κ1) is 17.5. The number of nitrogens with one attached hydrogen (secondary N) is 1. The van der Waals surface area contributed by atoms with Crippen LogP contribution in [0.1, 0.15) is 15.9 Å². The van der Waals surface area contributed by atoms with Crippen LogP contribution < -0.4 is 14.8 Å². The number of benzene rings is 3. The van der Waals surface area contributed by atoms with E-state index in [0.29, 0.717) is 18.0 Å². The number of carbonyl (C=O) groups excluding carboxylic acids is 1. The quantitative estimate of drug-likeness (QED) is 0.702. The molecule has 0 bridgehead atoms. The normalized spacial score (nSPS) is 10.2. The monoisotopic (exact) mass is 351 g/mol. The third-order valence-electron chi connectivity index (χ3n) is 3.77. The Bertz CT molecular complexity index is 880. The molecule has 0 aliphatic rings. The summed E-state index contributed by atoms with van der Waals surface area (Å²) in [4.78, 5) is 12.2. The highest BCUT2D eigenvalue weighted by Gasteiger charge is 2.10. The average Bonchev–Trinajstić information content (AvgIpc) is 2.68. The zero-order valence-corrected chi connectivity index (χ0v) is 14.2. The summed E-state index contributed by atoms with van der Waals surface area (Å²) >= 11 is 0. The first-order chi connectivity index (χ1) is 12.7. The minimum atomic E-state index is -0.579. The van der Waals surface area contributed by atoms with Gasteiger partial charge in [-0.1, -0.05) is 30.3 Å². The zero-order valence-electron chi connectivity index (χ0n) is 14.2. The van der Waals surface area contributed by atoms with Crippen molar-refractivity contribution in [1.29, 1.82) is 0 Å². The van der Waals surface area contributed by atoms with E-state index < -0.39 is 11.7 Å². The maximum atomic E-state index is 13.7. The van der Waals surface area contributed by atoms with Gasteiger partial charge in [0.15, 0.2) is 11.6 Å². The fourth-order valence-electron chi connectivity index (χ4n) is 2.39. The van der Waals surface area contributed by atoms with Crippen molar-refractivity contribution >= 4 is 11.6 Å². The Morgan fingerprint density at radius 2 is 1.73 bits per heavy atom. The van der Waals surface area contributed by atoms with E-state index in [4.69, 9.17) is 9.47 Å². The molecule has 0 spiro atoms. The highest BCUT2D eigenvalue weighted by Crippen LogP contribution is 2.20. The molecule has 26 heavy (non-hydrogen) atoms. The molecule has 5 heteroatoms. The van der Waals surface area contributed by atoms with E-state index in [9.17, 15) is 9.18 Å². The molecule has 3 rings (SSSR count). The molecule has 4 nitrogen and oxygen atoms in total. The minimum Gasteiger partial charge on any atom is -0.494 e. The fraction of sp³-hybridized carbons (Fsp3) is 0.0952. The summed E-state index contributed by atoms with van der Waals surface area (Å²) in [5, 5.41) is 2.72. The second kappa shape index (κ2) is 8.16. The van der Waals surface area contributed by atoms with Gasteiger partial charge in [0.05, 0.1) is 7.11 Å². The summed E-state index contributed by atoms with van der Waals surface area (Å²) in [5.74, 6) is -0.182. The summed E-state index contributed by atoms with van der Waals surface area (Å²) < 4.78 is 24.3. The van der Waals surface area contributed by atoms with Gasteiger partial charge >= 0.3 is 0 Å². The van der Waals surface area contributed by atoms with Crippen molar-refractivity contribution in [2.24, 2.45) is 0 Å². The van der Waals surface area contributed by atoms with E-state index >= 15 is 0 Å². The molecular formula is C21H18FNO3. The summed E-state index contributed by atoms with van der Waals surface area (Å²) in [5.41, 5.74) is 1.89. The van der Waals surface area contributed by atoms with Gasteiger partial charge in [0, 0.05) is 11.3 Å². The molecule has 3 aromatic carbocycles. The average molecular weight is 351 g/mol. The van der Waals surface area contributed by atoms with E-state index in [1.165, 1.54) is 19.2 Å². The van der Waals surface area contributed by atoms with Crippen molar-refractivity contribution in [1.82, 2.24) is 0 Å². The van der Waals surface area contributed by atoms with Gasteiger partial charge in [0.1, 0.15) is 12.4 Å². The number of amides is 1. The third-order valence-corrected chi connectivity index (χ3v) is 3.77. The smallest absolute Gasteiger partial charge is 0.255 e. The molecule has 0 unspecified atom stereocenters. The van der Waals surface area contributed by atoms with Crippen LogP contribution in [0.4, 0.5) is 10.1 Å². The lowest BCUT2D eigenvalue weighted by Crippen LogP contribution is -2.12. The van der Waals surface area contributed by atoms with Crippen LogP contribution in [0.2, 0.25) is 0 Å². The van der Waals surface area contributed by atoms with Crippen molar-refractivity contribution in [2.75, 3.05) is 12.4 Å². The molecule has 0 aliphatic carbocycles. The SMILES string of the molecule is COc1ccc(C(=O)Nc2ccc(OCc3ccccc3)cc2)cc1F. The first-order valence-corrected chi connectivity index (χ1v) is 8.07. The Morgan fingerprint density at radius 1 is 1.00 bits per heavy atom. The fourth-order valence-corrected chi connectivity index (χ4v) is 2.39. The molecule has 1 N–H and O–H groups in total. The Morgan fingerprint density at radius 3 is 2.38 bits per heavy atom.